The van der Waals surface area contributed by atoms with Crippen molar-refractivity contribution in [2.45, 2.75) is 57.5 Å². The molecule has 1 N–H and O–H groups in total. The van der Waals surface area contributed by atoms with E-state index in [1.807, 2.05) is 17.8 Å². The summed E-state index contributed by atoms with van der Waals surface area (Å²) in [7, 11) is 0. The van der Waals surface area contributed by atoms with Crippen LogP contribution in [0.3, 0.4) is 0 Å². The van der Waals surface area contributed by atoms with Gasteiger partial charge in [0.2, 0.25) is 5.91 Å². The predicted molar refractivity (Wildman–Crippen MR) is 91.1 cm³/mol. The van der Waals surface area contributed by atoms with E-state index in [1.165, 1.54) is 11.6 Å². The highest BCUT2D eigenvalue weighted by Crippen LogP contribution is 2.28. The Morgan fingerprint density at radius 3 is 2.71 bits per heavy atom. The lowest BCUT2D eigenvalue weighted by Gasteiger charge is -2.29. The Hall–Kier alpha value is -2.17. The number of hydrogen-bond donors (Lipinski definition) is 1. The second-order valence-electron chi connectivity index (χ2n) is 6.66. The highest BCUT2D eigenvalue weighted by atomic mass is 19.1. The topological polar surface area (TPSA) is 46.9 Å². The second kappa shape index (κ2) is 7.60. The first kappa shape index (κ1) is 16.7. The van der Waals surface area contributed by atoms with Crippen LogP contribution in [-0.2, 0) is 11.2 Å². The Labute approximate surface area is 142 Å². The number of rotatable bonds is 5. The van der Waals surface area contributed by atoms with Crippen molar-refractivity contribution < 1.29 is 9.18 Å². The third-order valence-corrected chi connectivity index (χ3v) is 4.75. The summed E-state index contributed by atoms with van der Waals surface area (Å²) in [6.07, 6.45) is 8.73. The Balaban J connectivity index is 1.42. The molecule has 1 amide bonds. The van der Waals surface area contributed by atoms with Crippen molar-refractivity contribution in [1.82, 2.24) is 15.1 Å². The van der Waals surface area contributed by atoms with Crippen LogP contribution in [0.2, 0.25) is 0 Å². The maximum atomic E-state index is 13.6. The largest absolute Gasteiger partial charge is 0.353 e. The number of aryl methyl sites for hydroxylation is 2. The lowest BCUT2D eigenvalue weighted by molar-refractivity contribution is -0.122. The maximum absolute atomic E-state index is 13.6. The quantitative estimate of drug-likeness (QED) is 0.911. The van der Waals surface area contributed by atoms with Crippen LogP contribution < -0.4 is 5.32 Å². The van der Waals surface area contributed by atoms with Gasteiger partial charge in [-0.05, 0) is 56.2 Å². The molecule has 1 aromatic heterocycles. The highest BCUT2D eigenvalue weighted by Gasteiger charge is 2.23. The molecule has 24 heavy (non-hydrogen) atoms. The van der Waals surface area contributed by atoms with Crippen LogP contribution in [0.15, 0.2) is 36.7 Å². The van der Waals surface area contributed by atoms with Gasteiger partial charge in [-0.3, -0.25) is 9.48 Å². The van der Waals surface area contributed by atoms with Gasteiger partial charge >= 0.3 is 0 Å². The molecule has 1 heterocycles. The summed E-state index contributed by atoms with van der Waals surface area (Å²) in [5.41, 5.74) is 1.78. The van der Waals surface area contributed by atoms with Crippen LogP contribution in [-0.4, -0.2) is 21.7 Å². The number of halogens is 1. The summed E-state index contributed by atoms with van der Waals surface area (Å²) >= 11 is 0. The van der Waals surface area contributed by atoms with Crippen LogP contribution in [0.4, 0.5) is 4.39 Å². The molecule has 1 saturated carbocycles. The summed E-state index contributed by atoms with van der Waals surface area (Å²) in [5.74, 6) is -0.225. The highest BCUT2D eigenvalue weighted by molar-refractivity contribution is 5.76. The Bertz CT molecular complexity index is 689. The van der Waals surface area contributed by atoms with E-state index < -0.39 is 0 Å². The summed E-state index contributed by atoms with van der Waals surface area (Å²) < 4.78 is 15.6. The van der Waals surface area contributed by atoms with Gasteiger partial charge in [0.25, 0.3) is 0 Å². The number of amides is 1. The normalized spacial score (nSPS) is 20.8. The summed E-state index contributed by atoms with van der Waals surface area (Å²) in [6.45, 7) is 2.05. The fraction of sp³-hybridized carbons (Fsp3) is 0.474. The van der Waals surface area contributed by atoms with Crippen molar-refractivity contribution in [3.63, 3.8) is 0 Å². The van der Waals surface area contributed by atoms with E-state index in [9.17, 15) is 9.18 Å². The minimum absolute atomic E-state index is 0.0108. The first-order chi connectivity index (χ1) is 11.6. The molecule has 3 rings (SSSR count). The first-order valence-electron chi connectivity index (χ1n) is 8.65. The van der Waals surface area contributed by atoms with Gasteiger partial charge in [-0.15, -0.1) is 0 Å². The molecule has 0 saturated heterocycles. The fourth-order valence-electron chi connectivity index (χ4n) is 3.37. The molecule has 1 aromatic carbocycles. The zero-order chi connectivity index (χ0) is 16.9. The lowest BCUT2D eigenvalue weighted by atomic mass is 9.91. The van der Waals surface area contributed by atoms with Crippen molar-refractivity contribution >= 4 is 5.91 Å². The van der Waals surface area contributed by atoms with Crippen molar-refractivity contribution in [2.75, 3.05) is 0 Å². The minimum Gasteiger partial charge on any atom is -0.353 e. The van der Waals surface area contributed by atoms with Gasteiger partial charge in [0.1, 0.15) is 5.82 Å². The second-order valence-corrected chi connectivity index (χ2v) is 6.66. The molecule has 0 radical (unpaired) electrons. The summed E-state index contributed by atoms with van der Waals surface area (Å²) in [5, 5.41) is 7.49. The first-order valence-corrected chi connectivity index (χ1v) is 8.65. The molecule has 0 atom stereocenters. The molecule has 0 bridgehead atoms. The molecular formula is C19H24FN3O. The average Bonchev–Trinajstić information content (AvgIpc) is 3.01. The zero-order valence-electron chi connectivity index (χ0n) is 14.0. The molecule has 2 aromatic rings. The molecule has 0 unspecified atom stereocenters. The van der Waals surface area contributed by atoms with Gasteiger partial charge in [0.15, 0.2) is 0 Å². The van der Waals surface area contributed by atoms with Gasteiger partial charge in [-0.25, -0.2) is 4.39 Å². The predicted octanol–water partition coefficient (Wildman–Crippen LogP) is 3.56. The fourth-order valence-corrected chi connectivity index (χ4v) is 3.37. The van der Waals surface area contributed by atoms with Crippen LogP contribution in [0.1, 0.15) is 49.3 Å². The third-order valence-electron chi connectivity index (χ3n) is 4.75. The van der Waals surface area contributed by atoms with E-state index in [-0.39, 0.29) is 17.8 Å². The maximum Gasteiger partial charge on any atom is 0.220 e. The van der Waals surface area contributed by atoms with Crippen LogP contribution in [0, 0.1) is 12.7 Å². The Morgan fingerprint density at radius 1 is 1.29 bits per heavy atom. The Morgan fingerprint density at radius 2 is 2.04 bits per heavy atom. The number of hydrogen-bond acceptors (Lipinski definition) is 2. The number of aromatic nitrogens is 2. The van der Waals surface area contributed by atoms with Crippen molar-refractivity contribution in [3.8, 4) is 0 Å². The molecule has 0 spiro atoms. The van der Waals surface area contributed by atoms with Crippen LogP contribution in [0.5, 0.6) is 0 Å². The van der Waals surface area contributed by atoms with E-state index in [4.69, 9.17) is 0 Å². The smallest absolute Gasteiger partial charge is 0.220 e. The molecule has 4 nitrogen and oxygen atoms in total. The summed E-state index contributed by atoms with van der Waals surface area (Å²) in [4.78, 5) is 12.1. The number of carbonyl (C=O) groups is 1. The van der Waals surface area contributed by atoms with Gasteiger partial charge in [-0.1, -0.05) is 18.2 Å². The SMILES string of the molecule is Cc1cnn(C2CCC(NC(=O)CCc3ccccc3F)CC2)c1. The monoisotopic (exact) mass is 329 g/mol. The molecule has 1 aliphatic carbocycles. The van der Waals surface area contributed by atoms with Gasteiger partial charge in [-0.2, -0.15) is 5.10 Å². The van der Waals surface area contributed by atoms with Crippen molar-refractivity contribution in [3.05, 3.63) is 53.6 Å². The Kier molecular flexibility index (Phi) is 5.28. The molecule has 1 aliphatic rings. The summed E-state index contributed by atoms with van der Waals surface area (Å²) in [6, 6.07) is 7.30. The average molecular weight is 329 g/mol. The number of carbonyl (C=O) groups excluding carboxylic acids is 1. The van der Waals surface area contributed by atoms with E-state index in [2.05, 4.69) is 16.6 Å². The van der Waals surface area contributed by atoms with E-state index >= 15 is 0 Å². The number of benzene rings is 1. The van der Waals surface area contributed by atoms with Crippen molar-refractivity contribution in [2.24, 2.45) is 0 Å². The van der Waals surface area contributed by atoms with E-state index in [0.29, 0.717) is 24.4 Å². The molecule has 5 heteroatoms. The molecular weight excluding hydrogens is 305 g/mol. The lowest BCUT2D eigenvalue weighted by Crippen LogP contribution is -2.38. The molecule has 0 aliphatic heterocycles. The van der Waals surface area contributed by atoms with Crippen LogP contribution >= 0.6 is 0 Å². The molecule has 1 fully saturated rings. The van der Waals surface area contributed by atoms with Gasteiger partial charge in [0.05, 0.1) is 12.2 Å². The van der Waals surface area contributed by atoms with E-state index in [0.717, 1.165) is 25.7 Å². The zero-order valence-corrected chi connectivity index (χ0v) is 14.0. The van der Waals surface area contributed by atoms with Crippen LogP contribution in [0.25, 0.3) is 0 Å². The van der Waals surface area contributed by atoms with Gasteiger partial charge < -0.3 is 5.32 Å². The van der Waals surface area contributed by atoms with E-state index in [1.54, 1.807) is 18.2 Å². The van der Waals surface area contributed by atoms with Crippen molar-refractivity contribution in [1.29, 1.82) is 0 Å². The standard InChI is InChI=1S/C19H24FN3O/c1-14-12-21-23(13-14)17-9-7-16(8-10-17)22-19(24)11-6-15-4-2-3-5-18(15)20/h2-5,12-13,16-17H,6-11H2,1H3,(H,22,24). The third kappa shape index (κ3) is 4.22. The molecule has 128 valence electrons. The minimum atomic E-state index is -0.236. The van der Waals surface area contributed by atoms with Gasteiger partial charge in [0, 0.05) is 18.7 Å². The number of nitrogens with zero attached hydrogens (tertiary/aromatic N) is 2. The number of nitrogens with one attached hydrogen (secondary N) is 1.